The Hall–Kier alpha value is -2.14. The van der Waals surface area contributed by atoms with Gasteiger partial charge in [-0.2, -0.15) is 5.10 Å². The summed E-state index contributed by atoms with van der Waals surface area (Å²) in [4.78, 5) is 12.1. The molecule has 0 aliphatic rings. The van der Waals surface area contributed by atoms with Crippen molar-refractivity contribution >= 4 is 11.6 Å². The molecule has 0 fully saturated rings. The van der Waals surface area contributed by atoms with E-state index in [1.54, 1.807) is 0 Å². The molecule has 1 heterocycles. The van der Waals surface area contributed by atoms with Crippen LogP contribution < -0.4 is 10.6 Å². The minimum absolute atomic E-state index is 0.149. The number of hydrogen-bond acceptors (Lipinski definition) is 3. The topological polar surface area (TPSA) is 69.8 Å². The molecule has 1 amide bonds. The molecule has 0 aliphatic heterocycles. The monoisotopic (exact) mass is 272 g/mol. The van der Waals surface area contributed by atoms with Gasteiger partial charge in [0.1, 0.15) is 0 Å². The van der Waals surface area contributed by atoms with Crippen LogP contribution in [0.4, 0.5) is 5.69 Å². The van der Waals surface area contributed by atoms with Gasteiger partial charge < -0.3 is 10.6 Å². The van der Waals surface area contributed by atoms with Crippen LogP contribution in [0.5, 0.6) is 0 Å². The van der Waals surface area contributed by atoms with E-state index in [-0.39, 0.29) is 11.9 Å². The first-order valence-electron chi connectivity index (χ1n) is 6.76. The van der Waals surface area contributed by atoms with Crippen LogP contribution in [-0.2, 0) is 0 Å². The zero-order valence-corrected chi connectivity index (χ0v) is 12.0. The summed E-state index contributed by atoms with van der Waals surface area (Å²) in [6, 6.07) is 8.12. The minimum atomic E-state index is -0.149. The van der Waals surface area contributed by atoms with E-state index in [4.69, 9.17) is 0 Å². The number of carbonyl (C=O) groups excluding carboxylic acids is 1. The number of hydrogen-bond donors (Lipinski definition) is 3. The van der Waals surface area contributed by atoms with Crippen LogP contribution in [0, 0.1) is 6.92 Å². The molecule has 5 nitrogen and oxygen atoms in total. The molecule has 5 heteroatoms. The van der Waals surface area contributed by atoms with Gasteiger partial charge in [0.25, 0.3) is 5.91 Å². The van der Waals surface area contributed by atoms with E-state index in [1.807, 2.05) is 31.2 Å². The van der Waals surface area contributed by atoms with Crippen molar-refractivity contribution in [3.05, 3.63) is 47.3 Å². The number of aromatic nitrogens is 2. The molecule has 1 atom stereocenters. The van der Waals surface area contributed by atoms with Gasteiger partial charge in [0.05, 0.1) is 11.8 Å². The van der Waals surface area contributed by atoms with Gasteiger partial charge in [0, 0.05) is 17.4 Å². The van der Waals surface area contributed by atoms with E-state index in [0.29, 0.717) is 5.56 Å². The molecular weight excluding hydrogens is 252 g/mol. The second-order valence-corrected chi connectivity index (χ2v) is 4.77. The van der Waals surface area contributed by atoms with Gasteiger partial charge in [-0.3, -0.25) is 9.89 Å². The van der Waals surface area contributed by atoms with E-state index >= 15 is 0 Å². The maximum Gasteiger partial charge on any atom is 0.259 e. The highest BCUT2D eigenvalue weighted by Crippen LogP contribution is 2.18. The Morgan fingerprint density at radius 3 is 2.90 bits per heavy atom. The predicted octanol–water partition coefficient (Wildman–Crippen LogP) is 2.64. The number of amides is 1. The van der Waals surface area contributed by atoms with E-state index in [9.17, 15) is 4.79 Å². The van der Waals surface area contributed by atoms with Gasteiger partial charge >= 0.3 is 0 Å². The molecule has 3 N–H and O–H groups in total. The lowest BCUT2D eigenvalue weighted by molar-refractivity contribution is 0.102. The Balaban J connectivity index is 2.12. The third-order valence-corrected chi connectivity index (χ3v) is 3.23. The molecule has 2 rings (SSSR count). The van der Waals surface area contributed by atoms with Crippen LogP contribution in [0.25, 0.3) is 0 Å². The van der Waals surface area contributed by atoms with Crippen LogP contribution in [-0.4, -0.2) is 22.6 Å². The molecule has 0 spiro atoms. The first-order valence-corrected chi connectivity index (χ1v) is 6.76. The molecule has 0 radical (unpaired) electrons. The Kier molecular flexibility index (Phi) is 4.53. The van der Waals surface area contributed by atoms with E-state index in [0.717, 1.165) is 23.5 Å². The van der Waals surface area contributed by atoms with E-state index in [2.05, 4.69) is 34.7 Å². The third-order valence-electron chi connectivity index (χ3n) is 3.23. The molecule has 0 aliphatic carbocycles. The molecular formula is C15H20N4O. The number of aromatic amines is 1. The smallest absolute Gasteiger partial charge is 0.259 e. The summed E-state index contributed by atoms with van der Waals surface area (Å²) in [5.41, 5.74) is 3.27. The first-order chi connectivity index (χ1) is 9.61. The largest absolute Gasteiger partial charge is 0.322 e. The van der Waals surface area contributed by atoms with Crippen molar-refractivity contribution < 1.29 is 4.79 Å². The van der Waals surface area contributed by atoms with E-state index in [1.165, 1.54) is 6.20 Å². The standard InChI is InChI=1S/C15H20N4O/c1-4-16-10(2)12-6-5-7-13(8-12)18-15(20)14-9-17-19-11(14)3/h5-10,16H,4H2,1-3H3,(H,17,19)(H,18,20). The SMILES string of the molecule is CCNC(C)c1cccc(NC(=O)c2cn[nH]c2C)c1. The van der Waals surface area contributed by atoms with Crippen molar-refractivity contribution in [1.29, 1.82) is 0 Å². The highest BCUT2D eigenvalue weighted by atomic mass is 16.1. The average Bonchev–Trinajstić information content (AvgIpc) is 2.85. The summed E-state index contributed by atoms with van der Waals surface area (Å²) < 4.78 is 0. The van der Waals surface area contributed by atoms with Crippen molar-refractivity contribution in [3.63, 3.8) is 0 Å². The quantitative estimate of drug-likeness (QED) is 0.783. The minimum Gasteiger partial charge on any atom is -0.322 e. The normalized spacial score (nSPS) is 12.2. The van der Waals surface area contributed by atoms with Crippen molar-refractivity contribution in [2.45, 2.75) is 26.8 Å². The van der Waals surface area contributed by atoms with Gasteiger partial charge in [-0.15, -0.1) is 0 Å². The van der Waals surface area contributed by atoms with Crippen LogP contribution in [0.3, 0.4) is 0 Å². The van der Waals surface area contributed by atoms with Crippen molar-refractivity contribution in [3.8, 4) is 0 Å². The predicted molar refractivity (Wildman–Crippen MR) is 79.8 cm³/mol. The first kappa shape index (κ1) is 14.3. The van der Waals surface area contributed by atoms with Gasteiger partial charge in [-0.05, 0) is 38.1 Å². The number of rotatable bonds is 5. The molecule has 20 heavy (non-hydrogen) atoms. The zero-order chi connectivity index (χ0) is 14.5. The lowest BCUT2D eigenvalue weighted by Crippen LogP contribution is -2.18. The average molecular weight is 272 g/mol. The van der Waals surface area contributed by atoms with Crippen LogP contribution >= 0.6 is 0 Å². The summed E-state index contributed by atoms with van der Waals surface area (Å²) in [5, 5.41) is 12.9. The molecule has 1 aromatic carbocycles. The fourth-order valence-corrected chi connectivity index (χ4v) is 2.09. The molecule has 2 aromatic rings. The van der Waals surface area contributed by atoms with Crippen molar-refractivity contribution in [1.82, 2.24) is 15.5 Å². The number of anilines is 1. The Morgan fingerprint density at radius 2 is 2.25 bits per heavy atom. The zero-order valence-electron chi connectivity index (χ0n) is 12.0. The molecule has 106 valence electrons. The van der Waals surface area contributed by atoms with Gasteiger partial charge in [-0.25, -0.2) is 0 Å². The fraction of sp³-hybridized carbons (Fsp3) is 0.333. The molecule has 0 saturated heterocycles. The summed E-state index contributed by atoms with van der Waals surface area (Å²) >= 11 is 0. The van der Waals surface area contributed by atoms with Crippen molar-refractivity contribution in [2.75, 3.05) is 11.9 Å². The number of nitrogens with one attached hydrogen (secondary N) is 3. The summed E-state index contributed by atoms with van der Waals surface area (Å²) in [6.07, 6.45) is 1.54. The third kappa shape index (κ3) is 3.24. The molecule has 0 bridgehead atoms. The molecule has 1 unspecified atom stereocenters. The lowest BCUT2D eigenvalue weighted by Gasteiger charge is -2.14. The maximum absolute atomic E-state index is 12.1. The van der Waals surface area contributed by atoms with E-state index < -0.39 is 0 Å². The molecule has 1 aromatic heterocycles. The molecule has 0 saturated carbocycles. The maximum atomic E-state index is 12.1. The number of aryl methyl sites for hydroxylation is 1. The summed E-state index contributed by atoms with van der Waals surface area (Å²) in [5.74, 6) is -0.149. The van der Waals surface area contributed by atoms with Crippen LogP contribution in [0.2, 0.25) is 0 Å². The number of carbonyl (C=O) groups is 1. The number of nitrogens with zero attached hydrogens (tertiary/aromatic N) is 1. The highest BCUT2D eigenvalue weighted by Gasteiger charge is 2.11. The van der Waals surface area contributed by atoms with Crippen LogP contribution in [0.15, 0.2) is 30.5 Å². The lowest BCUT2D eigenvalue weighted by atomic mass is 10.1. The number of benzene rings is 1. The van der Waals surface area contributed by atoms with Crippen LogP contribution in [0.1, 0.15) is 41.5 Å². The van der Waals surface area contributed by atoms with Gasteiger partial charge in [0.15, 0.2) is 0 Å². The Morgan fingerprint density at radius 1 is 1.45 bits per heavy atom. The van der Waals surface area contributed by atoms with Crippen molar-refractivity contribution in [2.24, 2.45) is 0 Å². The Bertz CT molecular complexity index is 591. The summed E-state index contributed by atoms with van der Waals surface area (Å²) in [6.45, 7) is 6.91. The highest BCUT2D eigenvalue weighted by molar-refractivity contribution is 6.04. The summed E-state index contributed by atoms with van der Waals surface area (Å²) in [7, 11) is 0. The van der Waals surface area contributed by atoms with Gasteiger partial charge in [0.2, 0.25) is 0 Å². The van der Waals surface area contributed by atoms with Gasteiger partial charge in [-0.1, -0.05) is 19.1 Å². The number of H-pyrrole nitrogens is 1. The Labute approximate surface area is 118 Å². The second-order valence-electron chi connectivity index (χ2n) is 4.77. The fourth-order valence-electron chi connectivity index (χ4n) is 2.09. The second kappa shape index (κ2) is 6.34.